The van der Waals surface area contributed by atoms with Crippen molar-refractivity contribution in [3.05, 3.63) is 29.8 Å². The number of para-hydroxylation sites is 1. The molecule has 0 bridgehead atoms. The summed E-state index contributed by atoms with van der Waals surface area (Å²) < 4.78 is 0. The van der Waals surface area contributed by atoms with Crippen LogP contribution in [0.3, 0.4) is 0 Å². The van der Waals surface area contributed by atoms with Crippen molar-refractivity contribution < 1.29 is 14.7 Å². The maximum atomic E-state index is 12.0. The summed E-state index contributed by atoms with van der Waals surface area (Å²) >= 11 is 0. The summed E-state index contributed by atoms with van der Waals surface area (Å²) in [5.74, 6) is -1.39. The summed E-state index contributed by atoms with van der Waals surface area (Å²) in [6.07, 6.45) is 1.71. The molecule has 0 heterocycles. The van der Waals surface area contributed by atoms with Crippen LogP contribution in [0, 0.1) is 18.8 Å². The first-order valence-electron chi connectivity index (χ1n) is 6.17. The van der Waals surface area contributed by atoms with E-state index in [4.69, 9.17) is 5.11 Å². The van der Waals surface area contributed by atoms with Crippen LogP contribution < -0.4 is 5.32 Å². The first kappa shape index (κ1) is 12.6. The van der Waals surface area contributed by atoms with Crippen LogP contribution in [0.15, 0.2) is 24.3 Å². The van der Waals surface area contributed by atoms with Crippen molar-refractivity contribution in [3.63, 3.8) is 0 Å². The molecule has 1 aliphatic carbocycles. The fourth-order valence-electron chi connectivity index (χ4n) is 2.39. The van der Waals surface area contributed by atoms with E-state index in [1.54, 1.807) is 0 Å². The number of nitrogens with one attached hydrogen (secondary N) is 1. The van der Waals surface area contributed by atoms with Crippen LogP contribution in [0.5, 0.6) is 0 Å². The van der Waals surface area contributed by atoms with Gasteiger partial charge in [0.05, 0.1) is 5.92 Å². The van der Waals surface area contributed by atoms with Gasteiger partial charge in [0.15, 0.2) is 0 Å². The molecule has 1 aliphatic rings. The number of hydrogen-bond acceptors (Lipinski definition) is 2. The van der Waals surface area contributed by atoms with Crippen LogP contribution in [-0.2, 0) is 9.59 Å². The van der Waals surface area contributed by atoms with Crippen molar-refractivity contribution >= 4 is 17.6 Å². The highest BCUT2D eigenvalue weighted by Gasteiger charge is 2.33. The molecule has 1 saturated carbocycles. The fraction of sp³-hybridized carbons (Fsp3) is 0.429. The zero-order valence-corrected chi connectivity index (χ0v) is 10.3. The number of anilines is 1. The van der Waals surface area contributed by atoms with Crippen molar-refractivity contribution in [2.75, 3.05) is 5.32 Å². The average molecular weight is 247 g/mol. The molecule has 96 valence electrons. The Morgan fingerprint density at radius 1 is 1.22 bits per heavy atom. The van der Waals surface area contributed by atoms with E-state index in [-0.39, 0.29) is 17.7 Å². The second-order valence-electron chi connectivity index (χ2n) is 4.85. The van der Waals surface area contributed by atoms with Gasteiger partial charge in [0.25, 0.3) is 0 Å². The summed E-state index contributed by atoms with van der Waals surface area (Å²) in [5.41, 5.74) is 1.82. The van der Waals surface area contributed by atoms with E-state index in [9.17, 15) is 9.59 Å². The lowest BCUT2D eigenvalue weighted by atomic mass is 10.0. The summed E-state index contributed by atoms with van der Waals surface area (Å²) in [7, 11) is 0. The van der Waals surface area contributed by atoms with E-state index in [0.717, 1.165) is 11.3 Å². The number of aliphatic carboxylic acids is 1. The zero-order valence-electron chi connectivity index (χ0n) is 10.3. The molecule has 4 nitrogen and oxygen atoms in total. The maximum absolute atomic E-state index is 12.0. The molecular weight excluding hydrogens is 230 g/mol. The number of rotatable bonds is 3. The minimum absolute atomic E-state index is 0.0620. The molecule has 2 unspecified atom stereocenters. The molecule has 2 rings (SSSR count). The number of carboxylic acid groups (broad SMARTS) is 1. The molecular formula is C14H17NO3. The Bertz CT molecular complexity index is 470. The van der Waals surface area contributed by atoms with Crippen LogP contribution in [0.1, 0.15) is 24.8 Å². The highest BCUT2D eigenvalue weighted by molar-refractivity contribution is 5.93. The second-order valence-corrected chi connectivity index (χ2v) is 4.85. The van der Waals surface area contributed by atoms with Crippen LogP contribution in [0.4, 0.5) is 5.69 Å². The summed E-state index contributed by atoms with van der Waals surface area (Å²) in [5, 5.41) is 11.8. The summed E-state index contributed by atoms with van der Waals surface area (Å²) in [6, 6.07) is 7.58. The van der Waals surface area contributed by atoms with Crippen molar-refractivity contribution in [2.45, 2.75) is 26.2 Å². The van der Waals surface area contributed by atoms with E-state index >= 15 is 0 Å². The number of carbonyl (C=O) groups excluding carboxylic acids is 1. The van der Waals surface area contributed by atoms with Gasteiger partial charge in [-0.05, 0) is 37.8 Å². The Morgan fingerprint density at radius 2 is 1.89 bits per heavy atom. The largest absolute Gasteiger partial charge is 0.481 e. The van der Waals surface area contributed by atoms with Crippen molar-refractivity contribution in [1.82, 2.24) is 0 Å². The Labute approximate surface area is 106 Å². The van der Waals surface area contributed by atoms with E-state index in [1.165, 1.54) is 0 Å². The fourth-order valence-corrected chi connectivity index (χ4v) is 2.39. The van der Waals surface area contributed by atoms with Gasteiger partial charge in [-0.1, -0.05) is 18.2 Å². The number of hydrogen-bond donors (Lipinski definition) is 2. The molecule has 0 spiro atoms. The van der Waals surface area contributed by atoms with E-state index in [0.29, 0.717) is 19.3 Å². The normalized spacial score (nSPS) is 22.7. The van der Waals surface area contributed by atoms with Crippen LogP contribution in [0.2, 0.25) is 0 Å². The standard InChI is InChI=1S/C14H17NO3/c1-9-4-2-3-5-12(9)15-13(16)10-6-7-11(8-10)14(17)18/h2-5,10-11H,6-8H2,1H3,(H,15,16)(H,17,18). The van der Waals surface area contributed by atoms with Gasteiger partial charge in [-0.25, -0.2) is 0 Å². The predicted octanol–water partition coefficient (Wildman–Crippen LogP) is 2.43. The van der Waals surface area contributed by atoms with Crippen LogP contribution >= 0.6 is 0 Å². The molecule has 1 aromatic carbocycles. The van der Waals surface area contributed by atoms with Crippen LogP contribution in [0.25, 0.3) is 0 Å². The van der Waals surface area contributed by atoms with Gasteiger partial charge in [0.1, 0.15) is 0 Å². The van der Waals surface area contributed by atoms with E-state index in [1.807, 2.05) is 31.2 Å². The van der Waals surface area contributed by atoms with E-state index in [2.05, 4.69) is 5.32 Å². The van der Waals surface area contributed by atoms with Crippen molar-refractivity contribution in [2.24, 2.45) is 11.8 Å². The third-order valence-corrected chi connectivity index (χ3v) is 3.56. The molecule has 1 amide bonds. The van der Waals surface area contributed by atoms with Gasteiger partial charge in [0, 0.05) is 11.6 Å². The SMILES string of the molecule is Cc1ccccc1NC(=O)C1CCC(C(=O)O)C1. The number of benzene rings is 1. The van der Waals surface area contributed by atoms with Gasteiger partial charge in [0.2, 0.25) is 5.91 Å². The molecule has 0 aromatic heterocycles. The average Bonchev–Trinajstić information content (AvgIpc) is 2.81. The molecule has 4 heteroatoms. The monoisotopic (exact) mass is 247 g/mol. The minimum atomic E-state index is -0.791. The molecule has 2 N–H and O–H groups in total. The summed E-state index contributed by atoms with van der Waals surface area (Å²) in [6.45, 7) is 1.93. The Morgan fingerprint density at radius 3 is 2.50 bits per heavy atom. The van der Waals surface area contributed by atoms with Crippen molar-refractivity contribution in [1.29, 1.82) is 0 Å². The third kappa shape index (κ3) is 2.70. The molecule has 1 fully saturated rings. The lowest BCUT2D eigenvalue weighted by molar-refractivity contribution is -0.141. The van der Waals surface area contributed by atoms with Gasteiger partial charge < -0.3 is 10.4 Å². The van der Waals surface area contributed by atoms with Crippen LogP contribution in [-0.4, -0.2) is 17.0 Å². The Balaban J connectivity index is 1.98. The first-order chi connectivity index (χ1) is 8.58. The quantitative estimate of drug-likeness (QED) is 0.862. The van der Waals surface area contributed by atoms with Gasteiger partial charge in [-0.15, -0.1) is 0 Å². The Kier molecular flexibility index (Phi) is 3.65. The van der Waals surface area contributed by atoms with Gasteiger partial charge >= 0.3 is 5.97 Å². The number of carbonyl (C=O) groups is 2. The van der Waals surface area contributed by atoms with Gasteiger partial charge in [-0.2, -0.15) is 0 Å². The van der Waals surface area contributed by atoms with Gasteiger partial charge in [-0.3, -0.25) is 9.59 Å². The first-order valence-corrected chi connectivity index (χ1v) is 6.17. The number of aryl methyl sites for hydroxylation is 1. The molecule has 0 aliphatic heterocycles. The smallest absolute Gasteiger partial charge is 0.306 e. The summed E-state index contributed by atoms with van der Waals surface area (Å²) in [4.78, 5) is 22.9. The highest BCUT2D eigenvalue weighted by atomic mass is 16.4. The third-order valence-electron chi connectivity index (χ3n) is 3.56. The zero-order chi connectivity index (χ0) is 13.1. The van der Waals surface area contributed by atoms with Crippen molar-refractivity contribution in [3.8, 4) is 0 Å². The molecule has 0 saturated heterocycles. The second kappa shape index (κ2) is 5.21. The molecule has 2 atom stereocenters. The molecule has 0 radical (unpaired) electrons. The number of amides is 1. The topological polar surface area (TPSA) is 66.4 Å². The minimum Gasteiger partial charge on any atom is -0.481 e. The Hall–Kier alpha value is -1.84. The maximum Gasteiger partial charge on any atom is 0.306 e. The van der Waals surface area contributed by atoms with E-state index < -0.39 is 5.97 Å². The lowest BCUT2D eigenvalue weighted by Gasteiger charge is -2.12. The number of carboxylic acids is 1. The molecule has 1 aromatic rings. The molecule has 18 heavy (non-hydrogen) atoms. The highest BCUT2D eigenvalue weighted by Crippen LogP contribution is 2.32. The predicted molar refractivity (Wildman–Crippen MR) is 68.3 cm³/mol. The lowest BCUT2D eigenvalue weighted by Crippen LogP contribution is -2.22.